The number of carboxylic acid groups (broad SMARTS) is 1. The lowest BCUT2D eigenvalue weighted by Gasteiger charge is -2.28. The third kappa shape index (κ3) is 4.53. The van der Waals surface area contributed by atoms with E-state index in [1.165, 1.54) is 5.32 Å². The minimum Gasteiger partial charge on any atom is -0.480 e. The Morgan fingerprint density at radius 1 is 1.06 bits per heavy atom. The zero-order valence-corrected chi connectivity index (χ0v) is 17.2. The molecule has 0 radical (unpaired) electrons. The Balaban J connectivity index is 1.73. The molecule has 170 valence electrons. The van der Waals surface area contributed by atoms with E-state index in [0.717, 1.165) is 36.2 Å². The number of benzene rings is 2. The van der Waals surface area contributed by atoms with E-state index in [2.05, 4.69) is 0 Å². The van der Waals surface area contributed by atoms with Gasteiger partial charge in [-0.25, -0.2) is 9.59 Å². The van der Waals surface area contributed by atoms with Gasteiger partial charge in [-0.05, 0) is 29.2 Å². The van der Waals surface area contributed by atoms with Crippen LogP contribution in [0.3, 0.4) is 0 Å². The molecule has 2 aromatic carbocycles. The van der Waals surface area contributed by atoms with Crippen LogP contribution in [0.1, 0.15) is 24.0 Å². The molecule has 0 aromatic heterocycles. The highest BCUT2D eigenvalue weighted by molar-refractivity contribution is 5.89. The number of likely N-dealkylation sites (N-methyl/N-ethyl adjacent to an activating group) is 1. The van der Waals surface area contributed by atoms with Gasteiger partial charge >= 0.3 is 18.2 Å². The number of carbonyl (C=O) groups is 3. The van der Waals surface area contributed by atoms with Gasteiger partial charge in [0.15, 0.2) is 0 Å². The highest BCUT2D eigenvalue weighted by Crippen LogP contribution is 2.44. The number of hydrogen-bond donors (Lipinski definition) is 2. The third-order valence-corrected chi connectivity index (χ3v) is 5.47. The van der Waals surface area contributed by atoms with E-state index in [9.17, 15) is 27.6 Å². The summed E-state index contributed by atoms with van der Waals surface area (Å²) in [6.07, 6.45) is -6.58. The van der Waals surface area contributed by atoms with E-state index in [0.29, 0.717) is 4.90 Å². The standard InChI is InChI=1S/C22H21F3N2O5/c1-12(20(29)30)27(2)19(28)18(22(23,24)25)26-21(31)32-11-17-15-9-5-3-7-13(15)14-8-4-6-10-16(14)17/h3-10,12,17-18H,11H2,1-2H3,(H,26,31)(H,29,30). The lowest BCUT2D eigenvalue weighted by atomic mass is 9.98. The smallest absolute Gasteiger partial charge is 0.417 e. The first-order chi connectivity index (χ1) is 15.0. The highest BCUT2D eigenvalue weighted by atomic mass is 19.4. The van der Waals surface area contributed by atoms with E-state index in [4.69, 9.17) is 9.84 Å². The molecule has 2 amide bonds. The van der Waals surface area contributed by atoms with Crippen LogP contribution in [0.15, 0.2) is 48.5 Å². The van der Waals surface area contributed by atoms with Crippen molar-refractivity contribution in [1.82, 2.24) is 10.2 Å². The average molecular weight is 450 g/mol. The molecule has 2 N–H and O–H groups in total. The molecule has 2 aromatic rings. The number of ether oxygens (including phenoxy) is 1. The number of aliphatic carboxylic acids is 1. The number of nitrogens with zero attached hydrogens (tertiary/aromatic N) is 1. The van der Waals surface area contributed by atoms with Gasteiger partial charge in [-0.3, -0.25) is 4.79 Å². The predicted octanol–water partition coefficient (Wildman–Crippen LogP) is 3.39. The number of carboxylic acids is 1. The topological polar surface area (TPSA) is 95.9 Å². The van der Waals surface area contributed by atoms with E-state index in [-0.39, 0.29) is 12.5 Å². The van der Waals surface area contributed by atoms with Crippen molar-refractivity contribution in [3.63, 3.8) is 0 Å². The van der Waals surface area contributed by atoms with Crippen LogP contribution in [0.25, 0.3) is 11.1 Å². The van der Waals surface area contributed by atoms with E-state index in [1.807, 2.05) is 48.5 Å². The Hall–Kier alpha value is -3.56. The lowest BCUT2D eigenvalue weighted by molar-refractivity contribution is -0.176. The number of halogens is 3. The minimum absolute atomic E-state index is 0.236. The molecule has 0 aliphatic heterocycles. The van der Waals surface area contributed by atoms with E-state index in [1.54, 1.807) is 0 Å². The normalized spacial score (nSPS) is 14.7. The van der Waals surface area contributed by atoms with Crippen LogP contribution in [0.4, 0.5) is 18.0 Å². The Morgan fingerprint density at radius 2 is 1.56 bits per heavy atom. The predicted molar refractivity (Wildman–Crippen MR) is 108 cm³/mol. The molecule has 2 unspecified atom stereocenters. The molecule has 0 saturated heterocycles. The zero-order chi connectivity index (χ0) is 23.6. The quantitative estimate of drug-likeness (QED) is 0.704. The number of alkyl carbamates (subject to hydrolysis) is 1. The number of alkyl halides is 3. The summed E-state index contributed by atoms with van der Waals surface area (Å²) in [5.41, 5.74) is 3.65. The second-order valence-electron chi connectivity index (χ2n) is 7.41. The van der Waals surface area contributed by atoms with Crippen LogP contribution >= 0.6 is 0 Å². The van der Waals surface area contributed by atoms with Crippen molar-refractivity contribution in [3.05, 3.63) is 59.7 Å². The lowest BCUT2D eigenvalue weighted by Crippen LogP contribution is -2.57. The highest BCUT2D eigenvalue weighted by Gasteiger charge is 2.48. The van der Waals surface area contributed by atoms with Gasteiger partial charge in [0.25, 0.3) is 5.91 Å². The van der Waals surface area contributed by atoms with Crippen molar-refractivity contribution in [2.75, 3.05) is 13.7 Å². The van der Waals surface area contributed by atoms with Crippen molar-refractivity contribution >= 4 is 18.0 Å². The fourth-order valence-corrected chi connectivity index (χ4v) is 3.60. The van der Waals surface area contributed by atoms with Gasteiger partial charge in [0.05, 0.1) is 0 Å². The summed E-state index contributed by atoms with van der Waals surface area (Å²) in [4.78, 5) is 35.8. The second kappa shape index (κ2) is 8.89. The summed E-state index contributed by atoms with van der Waals surface area (Å²) >= 11 is 0. The molecular formula is C22H21F3N2O5. The molecule has 0 bridgehead atoms. The largest absolute Gasteiger partial charge is 0.480 e. The maximum atomic E-state index is 13.4. The molecule has 32 heavy (non-hydrogen) atoms. The van der Waals surface area contributed by atoms with Crippen molar-refractivity contribution < 1.29 is 37.4 Å². The molecule has 1 aliphatic carbocycles. The molecule has 0 spiro atoms. The molecular weight excluding hydrogens is 429 g/mol. The van der Waals surface area contributed by atoms with E-state index >= 15 is 0 Å². The average Bonchev–Trinajstić information content (AvgIpc) is 3.07. The second-order valence-corrected chi connectivity index (χ2v) is 7.41. The van der Waals surface area contributed by atoms with Crippen LogP contribution in [0.2, 0.25) is 0 Å². The molecule has 7 nitrogen and oxygen atoms in total. The summed E-state index contributed by atoms with van der Waals surface area (Å²) in [6.45, 7) is 0.820. The van der Waals surface area contributed by atoms with Crippen LogP contribution in [-0.4, -0.2) is 59.9 Å². The third-order valence-electron chi connectivity index (χ3n) is 5.47. The fraction of sp³-hybridized carbons (Fsp3) is 0.318. The van der Waals surface area contributed by atoms with Crippen LogP contribution in [0.5, 0.6) is 0 Å². The number of rotatable bonds is 6. The zero-order valence-electron chi connectivity index (χ0n) is 17.2. The van der Waals surface area contributed by atoms with Crippen molar-refractivity contribution in [2.24, 2.45) is 0 Å². The van der Waals surface area contributed by atoms with Crippen LogP contribution in [-0.2, 0) is 14.3 Å². The summed E-state index contributed by atoms with van der Waals surface area (Å²) < 4.78 is 45.3. The van der Waals surface area contributed by atoms with Crippen molar-refractivity contribution in [2.45, 2.75) is 31.1 Å². The number of hydrogen-bond acceptors (Lipinski definition) is 4. The Labute approximate surface area is 181 Å². The first kappa shape index (κ1) is 23.1. The fourth-order valence-electron chi connectivity index (χ4n) is 3.60. The summed E-state index contributed by atoms with van der Waals surface area (Å²) in [5, 5.41) is 10.5. The Bertz CT molecular complexity index is 995. The van der Waals surface area contributed by atoms with Gasteiger partial charge in [-0.15, -0.1) is 0 Å². The van der Waals surface area contributed by atoms with Crippen LogP contribution in [0, 0.1) is 0 Å². The van der Waals surface area contributed by atoms with Gasteiger partial charge in [0, 0.05) is 13.0 Å². The van der Waals surface area contributed by atoms with Gasteiger partial charge in [0.1, 0.15) is 12.6 Å². The number of amides is 2. The molecule has 1 aliphatic rings. The van der Waals surface area contributed by atoms with Gasteiger partial charge in [-0.1, -0.05) is 48.5 Å². The van der Waals surface area contributed by atoms with Crippen molar-refractivity contribution in [3.8, 4) is 11.1 Å². The number of fused-ring (bicyclic) bond motifs is 3. The summed E-state index contributed by atoms with van der Waals surface area (Å²) in [7, 11) is 0.916. The monoisotopic (exact) mass is 450 g/mol. The van der Waals surface area contributed by atoms with Gasteiger partial charge < -0.3 is 20.1 Å². The summed E-state index contributed by atoms with van der Waals surface area (Å²) in [5.74, 6) is -3.47. The molecule has 10 heteroatoms. The van der Waals surface area contributed by atoms with E-state index < -0.39 is 36.2 Å². The van der Waals surface area contributed by atoms with Crippen LogP contribution < -0.4 is 5.32 Å². The SMILES string of the molecule is CC(C(=O)O)N(C)C(=O)C(NC(=O)OCC1c2ccccc2-c2ccccc21)C(F)(F)F. The molecule has 0 heterocycles. The maximum Gasteiger partial charge on any atom is 0.417 e. The van der Waals surface area contributed by atoms with Crippen molar-refractivity contribution in [1.29, 1.82) is 0 Å². The Morgan fingerprint density at radius 3 is 2.03 bits per heavy atom. The van der Waals surface area contributed by atoms with Gasteiger partial charge in [-0.2, -0.15) is 13.2 Å². The first-order valence-electron chi connectivity index (χ1n) is 9.70. The Kier molecular flexibility index (Phi) is 6.42. The first-order valence-corrected chi connectivity index (χ1v) is 9.70. The maximum absolute atomic E-state index is 13.4. The molecule has 3 rings (SSSR count). The molecule has 0 saturated carbocycles. The molecule has 2 atom stereocenters. The number of carbonyl (C=O) groups excluding carboxylic acids is 2. The minimum atomic E-state index is -5.14. The van der Waals surface area contributed by atoms with Gasteiger partial charge in [0.2, 0.25) is 6.04 Å². The number of nitrogens with one attached hydrogen (secondary N) is 1. The summed E-state index contributed by atoms with van der Waals surface area (Å²) in [6, 6.07) is 10.4. The molecule has 0 fully saturated rings.